The van der Waals surface area contributed by atoms with Crippen molar-refractivity contribution < 1.29 is 14.3 Å². The molecule has 4 aromatic rings. The van der Waals surface area contributed by atoms with Crippen LogP contribution in [0.25, 0.3) is 11.3 Å². The Morgan fingerprint density at radius 3 is 2.68 bits per heavy atom. The first-order chi connectivity index (χ1) is 16.8. The fourth-order valence-corrected chi connectivity index (χ4v) is 3.58. The molecule has 3 heterocycles. The molecule has 9 nitrogen and oxygen atoms in total. The number of aromatic nitrogens is 4. The van der Waals surface area contributed by atoms with Crippen molar-refractivity contribution in [2.75, 3.05) is 18.5 Å². The van der Waals surface area contributed by atoms with E-state index in [1.54, 1.807) is 31.0 Å². The van der Waals surface area contributed by atoms with E-state index in [2.05, 4.69) is 26.3 Å². The molecule has 0 amide bonds. The number of hydrogen-bond acceptors (Lipinski definition) is 8. The number of nitriles is 1. The summed E-state index contributed by atoms with van der Waals surface area (Å²) >= 11 is 0. The number of imidazole rings is 1. The van der Waals surface area contributed by atoms with Gasteiger partial charge < -0.3 is 19.6 Å². The number of benzene rings is 2. The maximum atomic E-state index is 9.66. The van der Waals surface area contributed by atoms with Crippen LogP contribution < -0.4 is 14.9 Å². The SMILES string of the molecule is N#Cc1cc(-c2ccnc(Nc3ccc(On4ccnc4)cc3)n2)ccc1OC1CCOCC1. The van der Waals surface area contributed by atoms with Gasteiger partial charge in [-0.05, 0) is 48.5 Å². The minimum absolute atomic E-state index is 0.0679. The van der Waals surface area contributed by atoms with Crippen molar-refractivity contribution in [1.29, 1.82) is 5.26 Å². The normalized spacial score (nSPS) is 13.7. The van der Waals surface area contributed by atoms with Crippen molar-refractivity contribution in [2.24, 2.45) is 0 Å². The van der Waals surface area contributed by atoms with E-state index >= 15 is 0 Å². The summed E-state index contributed by atoms with van der Waals surface area (Å²) in [5.74, 6) is 1.70. The van der Waals surface area contributed by atoms with Crippen LogP contribution in [0.3, 0.4) is 0 Å². The molecule has 0 unspecified atom stereocenters. The van der Waals surface area contributed by atoms with Crippen LogP contribution in [0.4, 0.5) is 11.6 Å². The van der Waals surface area contributed by atoms with Crippen molar-refractivity contribution >= 4 is 11.6 Å². The van der Waals surface area contributed by atoms with E-state index in [4.69, 9.17) is 14.3 Å². The first kappa shape index (κ1) is 21.4. The third kappa shape index (κ3) is 5.14. The fraction of sp³-hybridized carbons (Fsp3) is 0.200. The molecule has 2 aromatic heterocycles. The maximum absolute atomic E-state index is 9.66. The van der Waals surface area contributed by atoms with Crippen LogP contribution in [0.1, 0.15) is 18.4 Å². The van der Waals surface area contributed by atoms with Gasteiger partial charge in [0.15, 0.2) is 5.75 Å². The summed E-state index contributed by atoms with van der Waals surface area (Å²) in [6.45, 7) is 1.36. The van der Waals surface area contributed by atoms with Crippen LogP contribution in [0.5, 0.6) is 11.5 Å². The van der Waals surface area contributed by atoms with Crippen LogP contribution in [0, 0.1) is 11.3 Å². The van der Waals surface area contributed by atoms with Gasteiger partial charge in [-0.15, -0.1) is 0 Å². The van der Waals surface area contributed by atoms with Crippen LogP contribution in [0.15, 0.2) is 73.4 Å². The molecule has 1 aliphatic rings. The molecule has 1 N–H and O–H groups in total. The smallest absolute Gasteiger partial charge is 0.227 e. The highest BCUT2D eigenvalue weighted by molar-refractivity contribution is 5.66. The molecule has 0 radical (unpaired) electrons. The summed E-state index contributed by atoms with van der Waals surface area (Å²) < 4.78 is 12.9. The largest absolute Gasteiger partial charge is 0.489 e. The minimum Gasteiger partial charge on any atom is -0.489 e. The second-order valence-electron chi connectivity index (χ2n) is 7.68. The summed E-state index contributed by atoms with van der Waals surface area (Å²) in [5, 5.41) is 12.9. The van der Waals surface area contributed by atoms with Crippen molar-refractivity contribution in [2.45, 2.75) is 18.9 Å². The zero-order chi connectivity index (χ0) is 23.2. The topological polar surface area (TPSA) is 107 Å². The Bertz CT molecular complexity index is 1280. The molecular weight excluding hydrogens is 432 g/mol. The number of nitrogens with one attached hydrogen (secondary N) is 1. The maximum Gasteiger partial charge on any atom is 0.227 e. The van der Waals surface area contributed by atoms with Crippen LogP contribution in [0.2, 0.25) is 0 Å². The first-order valence-corrected chi connectivity index (χ1v) is 10.9. The molecule has 34 heavy (non-hydrogen) atoms. The molecule has 1 fully saturated rings. The second-order valence-corrected chi connectivity index (χ2v) is 7.68. The first-order valence-electron chi connectivity index (χ1n) is 10.9. The van der Waals surface area contributed by atoms with Gasteiger partial charge in [0.1, 0.15) is 24.3 Å². The lowest BCUT2D eigenvalue weighted by Crippen LogP contribution is -2.26. The summed E-state index contributed by atoms with van der Waals surface area (Å²) in [7, 11) is 0. The third-order valence-electron chi connectivity index (χ3n) is 5.31. The summed E-state index contributed by atoms with van der Waals surface area (Å²) in [6.07, 6.45) is 8.33. The van der Waals surface area contributed by atoms with E-state index in [9.17, 15) is 5.26 Å². The highest BCUT2D eigenvalue weighted by Crippen LogP contribution is 2.28. The van der Waals surface area contributed by atoms with E-state index in [1.165, 1.54) is 4.73 Å². The van der Waals surface area contributed by atoms with E-state index < -0.39 is 0 Å². The molecule has 5 rings (SSSR count). The van der Waals surface area contributed by atoms with Gasteiger partial charge >= 0.3 is 0 Å². The van der Waals surface area contributed by atoms with E-state index in [1.807, 2.05) is 42.5 Å². The summed E-state index contributed by atoms with van der Waals surface area (Å²) in [5.41, 5.74) is 2.80. The fourth-order valence-electron chi connectivity index (χ4n) is 3.58. The van der Waals surface area contributed by atoms with E-state index in [0.717, 1.165) is 24.1 Å². The van der Waals surface area contributed by atoms with Crippen molar-refractivity contribution in [3.8, 4) is 28.8 Å². The highest BCUT2D eigenvalue weighted by atomic mass is 16.7. The molecular formula is C25H22N6O3. The highest BCUT2D eigenvalue weighted by Gasteiger charge is 2.17. The number of ether oxygens (including phenoxy) is 2. The van der Waals surface area contributed by atoms with Gasteiger partial charge in [-0.2, -0.15) is 9.99 Å². The van der Waals surface area contributed by atoms with Gasteiger partial charge in [0, 0.05) is 36.5 Å². The number of hydrogen-bond donors (Lipinski definition) is 1. The number of anilines is 2. The van der Waals surface area contributed by atoms with Gasteiger partial charge in [0.05, 0.1) is 30.7 Å². The van der Waals surface area contributed by atoms with Crippen LogP contribution in [-0.4, -0.2) is 39.0 Å². The monoisotopic (exact) mass is 454 g/mol. The van der Waals surface area contributed by atoms with Crippen molar-refractivity contribution in [3.05, 3.63) is 79.0 Å². The van der Waals surface area contributed by atoms with Crippen molar-refractivity contribution in [3.63, 3.8) is 0 Å². The summed E-state index contributed by atoms with van der Waals surface area (Å²) in [6, 6.07) is 17.0. The molecule has 0 atom stereocenters. The standard InChI is InChI=1S/C25H22N6O3/c26-16-19-15-18(1-6-24(19)33-21-8-13-32-14-9-21)23-7-10-28-25(30-23)29-20-2-4-22(5-3-20)34-31-12-11-27-17-31/h1-7,10-12,15,17,21H,8-9,13-14H2,(H,28,29,30). The number of nitrogens with zero attached hydrogens (tertiary/aromatic N) is 5. The Morgan fingerprint density at radius 1 is 1.06 bits per heavy atom. The van der Waals surface area contributed by atoms with Crippen molar-refractivity contribution in [1.82, 2.24) is 19.7 Å². The quantitative estimate of drug-likeness (QED) is 0.439. The van der Waals surface area contributed by atoms with Gasteiger partial charge in [-0.25, -0.2) is 15.0 Å². The molecule has 0 spiro atoms. The Balaban J connectivity index is 1.29. The van der Waals surface area contributed by atoms with E-state index in [0.29, 0.717) is 41.9 Å². The Hall–Kier alpha value is -4.42. The van der Waals surface area contributed by atoms with E-state index in [-0.39, 0.29) is 6.10 Å². The average Bonchev–Trinajstić information content (AvgIpc) is 3.39. The van der Waals surface area contributed by atoms with Gasteiger partial charge in [-0.3, -0.25) is 0 Å². The predicted molar refractivity (Wildman–Crippen MR) is 125 cm³/mol. The minimum atomic E-state index is 0.0679. The molecule has 0 saturated carbocycles. The number of rotatable bonds is 7. The third-order valence-corrected chi connectivity index (χ3v) is 5.31. The average molecular weight is 454 g/mol. The predicted octanol–water partition coefficient (Wildman–Crippen LogP) is 4.36. The Labute approximate surface area is 196 Å². The van der Waals surface area contributed by atoms with Gasteiger partial charge in [0.25, 0.3) is 0 Å². The Kier molecular flexibility index (Phi) is 6.31. The lowest BCUT2D eigenvalue weighted by Gasteiger charge is -2.23. The molecule has 0 bridgehead atoms. The summed E-state index contributed by atoms with van der Waals surface area (Å²) in [4.78, 5) is 18.5. The zero-order valence-electron chi connectivity index (χ0n) is 18.3. The van der Waals surface area contributed by atoms with Gasteiger partial charge in [0.2, 0.25) is 5.95 Å². The molecule has 1 saturated heterocycles. The lowest BCUT2D eigenvalue weighted by molar-refractivity contribution is 0.0254. The molecule has 9 heteroatoms. The molecule has 1 aliphatic heterocycles. The van der Waals surface area contributed by atoms with Crippen LogP contribution >= 0.6 is 0 Å². The molecule has 2 aromatic carbocycles. The Morgan fingerprint density at radius 2 is 1.91 bits per heavy atom. The zero-order valence-corrected chi connectivity index (χ0v) is 18.3. The second kappa shape index (κ2) is 10.0. The van der Waals surface area contributed by atoms with Gasteiger partial charge in [-0.1, -0.05) is 0 Å². The lowest BCUT2D eigenvalue weighted by atomic mass is 10.1. The molecule has 0 aliphatic carbocycles. The molecule has 170 valence electrons. The van der Waals surface area contributed by atoms with Crippen LogP contribution in [-0.2, 0) is 4.74 Å².